The first-order valence-electron chi connectivity index (χ1n) is 17.6. The van der Waals surface area contributed by atoms with Crippen LogP contribution in [0.4, 0.5) is 0 Å². The Morgan fingerprint density at radius 1 is 0.385 bits per heavy atom. The largest absolute Gasteiger partial charge is 0.292 e. The SMILES string of the molecule is c1ccc(-c2nc(-n3c4ccccc4c4c5c(nc(-c6ccccc6)n5-c5ccccc5)c5c6ccccc6ccc5c43)nc3ccccc23)cc1. The lowest BCUT2D eigenvalue weighted by Crippen LogP contribution is -2.04. The first-order chi connectivity index (χ1) is 25.8. The summed E-state index contributed by atoms with van der Waals surface area (Å²) in [5.74, 6) is 1.53. The van der Waals surface area contributed by atoms with Crippen LogP contribution < -0.4 is 0 Å². The fourth-order valence-corrected chi connectivity index (χ4v) is 8.08. The number of hydrogen-bond acceptors (Lipinski definition) is 3. The van der Waals surface area contributed by atoms with E-state index in [4.69, 9.17) is 15.0 Å². The van der Waals surface area contributed by atoms with Crippen LogP contribution in [-0.2, 0) is 0 Å². The van der Waals surface area contributed by atoms with Crippen molar-refractivity contribution in [1.82, 2.24) is 24.1 Å². The molecule has 0 bridgehead atoms. The highest BCUT2D eigenvalue weighted by Gasteiger charge is 2.27. The molecule has 0 spiro atoms. The highest BCUT2D eigenvalue weighted by atomic mass is 15.2. The van der Waals surface area contributed by atoms with Crippen LogP contribution in [0.25, 0.3) is 99.6 Å². The fourth-order valence-electron chi connectivity index (χ4n) is 8.08. The maximum Gasteiger partial charge on any atom is 0.235 e. The van der Waals surface area contributed by atoms with Gasteiger partial charge in [-0.1, -0.05) is 152 Å². The number of imidazole rings is 1. The molecule has 0 aliphatic carbocycles. The van der Waals surface area contributed by atoms with Crippen LogP contribution in [0, 0.1) is 0 Å². The van der Waals surface area contributed by atoms with E-state index in [2.05, 4.69) is 173 Å². The zero-order valence-corrected chi connectivity index (χ0v) is 28.0. The molecule has 0 fully saturated rings. The number of aromatic nitrogens is 5. The molecule has 8 aromatic carbocycles. The van der Waals surface area contributed by atoms with Crippen molar-refractivity contribution in [2.75, 3.05) is 0 Å². The van der Waals surface area contributed by atoms with E-state index in [0.29, 0.717) is 5.95 Å². The molecule has 11 aromatic rings. The smallest absolute Gasteiger partial charge is 0.235 e. The summed E-state index contributed by atoms with van der Waals surface area (Å²) in [4.78, 5) is 16.3. The first kappa shape index (κ1) is 28.7. The van der Waals surface area contributed by atoms with E-state index in [1.807, 2.05) is 12.1 Å². The number of hydrogen-bond donors (Lipinski definition) is 0. The summed E-state index contributed by atoms with van der Waals surface area (Å²) < 4.78 is 4.63. The van der Waals surface area contributed by atoms with Crippen molar-refractivity contribution < 1.29 is 0 Å². The molecule has 52 heavy (non-hydrogen) atoms. The van der Waals surface area contributed by atoms with E-state index in [0.717, 1.165) is 88.2 Å². The second kappa shape index (κ2) is 11.2. The van der Waals surface area contributed by atoms with E-state index in [1.165, 1.54) is 5.39 Å². The van der Waals surface area contributed by atoms with Crippen LogP contribution in [0.3, 0.4) is 0 Å². The molecule has 3 aromatic heterocycles. The third-order valence-corrected chi connectivity index (χ3v) is 10.3. The van der Waals surface area contributed by atoms with Gasteiger partial charge in [-0.2, -0.15) is 0 Å². The average molecular weight is 664 g/mol. The van der Waals surface area contributed by atoms with E-state index in [9.17, 15) is 0 Å². The highest BCUT2D eigenvalue weighted by Crippen LogP contribution is 2.46. The molecule has 5 heteroatoms. The number of benzene rings is 8. The van der Waals surface area contributed by atoms with Gasteiger partial charge in [0, 0.05) is 43.7 Å². The third kappa shape index (κ3) is 4.14. The number of fused-ring (bicyclic) bond motifs is 11. The zero-order valence-electron chi connectivity index (χ0n) is 28.0. The van der Waals surface area contributed by atoms with Gasteiger partial charge < -0.3 is 0 Å². The minimum Gasteiger partial charge on any atom is -0.292 e. The summed E-state index contributed by atoms with van der Waals surface area (Å²) in [5, 5.41) is 7.80. The molecule has 0 atom stereocenters. The van der Waals surface area contributed by atoms with Gasteiger partial charge in [0.05, 0.1) is 33.3 Å². The lowest BCUT2D eigenvalue weighted by molar-refractivity contribution is 1.02. The Kier molecular flexibility index (Phi) is 6.18. The normalized spacial score (nSPS) is 11.8. The van der Waals surface area contributed by atoms with E-state index < -0.39 is 0 Å². The van der Waals surface area contributed by atoms with Crippen molar-refractivity contribution in [2.24, 2.45) is 0 Å². The minimum absolute atomic E-state index is 0.631. The van der Waals surface area contributed by atoms with Crippen LogP contribution in [0.2, 0.25) is 0 Å². The molecule has 11 rings (SSSR count). The van der Waals surface area contributed by atoms with E-state index in [1.54, 1.807) is 0 Å². The predicted molar refractivity (Wildman–Crippen MR) is 214 cm³/mol. The van der Waals surface area contributed by atoms with Crippen molar-refractivity contribution >= 4 is 65.3 Å². The second-order valence-corrected chi connectivity index (χ2v) is 13.2. The Morgan fingerprint density at radius 3 is 1.81 bits per heavy atom. The van der Waals surface area contributed by atoms with Crippen LogP contribution in [0.15, 0.2) is 176 Å². The van der Waals surface area contributed by atoms with Crippen molar-refractivity contribution in [1.29, 1.82) is 0 Å². The van der Waals surface area contributed by atoms with E-state index in [-0.39, 0.29) is 0 Å². The Hall–Kier alpha value is -7.11. The van der Waals surface area contributed by atoms with Gasteiger partial charge in [-0.3, -0.25) is 9.13 Å². The molecule has 0 aliphatic rings. The first-order valence-corrected chi connectivity index (χ1v) is 17.6. The van der Waals surface area contributed by atoms with Gasteiger partial charge in [0.25, 0.3) is 0 Å². The van der Waals surface area contributed by atoms with Gasteiger partial charge in [0.1, 0.15) is 5.82 Å². The second-order valence-electron chi connectivity index (χ2n) is 13.2. The molecular formula is C47H29N5. The average Bonchev–Trinajstić information content (AvgIpc) is 3.78. The van der Waals surface area contributed by atoms with Gasteiger partial charge in [-0.05, 0) is 35.0 Å². The van der Waals surface area contributed by atoms with Crippen LogP contribution in [-0.4, -0.2) is 24.1 Å². The third-order valence-electron chi connectivity index (χ3n) is 10.3. The number of rotatable bonds is 4. The topological polar surface area (TPSA) is 48.5 Å². The van der Waals surface area contributed by atoms with Crippen molar-refractivity contribution in [3.63, 3.8) is 0 Å². The van der Waals surface area contributed by atoms with Gasteiger partial charge in [0.15, 0.2) is 0 Å². The molecule has 3 heterocycles. The monoisotopic (exact) mass is 663 g/mol. The quantitative estimate of drug-likeness (QED) is 0.176. The molecule has 0 N–H and O–H groups in total. The molecule has 5 nitrogen and oxygen atoms in total. The minimum atomic E-state index is 0.631. The maximum absolute atomic E-state index is 5.59. The molecular weight excluding hydrogens is 635 g/mol. The summed E-state index contributed by atoms with van der Waals surface area (Å²) >= 11 is 0. The lowest BCUT2D eigenvalue weighted by atomic mass is 9.97. The molecule has 0 amide bonds. The maximum atomic E-state index is 5.59. The highest BCUT2D eigenvalue weighted by molar-refractivity contribution is 6.35. The summed E-state index contributed by atoms with van der Waals surface area (Å²) in [6.45, 7) is 0. The predicted octanol–water partition coefficient (Wildman–Crippen LogP) is 11.7. The molecule has 0 aliphatic heterocycles. The fraction of sp³-hybridized carbons (Fsp3) is 0. The van der Waals surface area contributed by atoms with E-state index >= 15 is 0 Å². The van der Waals surface area contributed by atoms with Crippen molar-refractivity contribution in [2.45, 2.75) is 0 Å². The van der Waals surface area contributed by atoms with Gasteiger partial charge in [-0.15, -0.1) is 0 Å². The molecule has 242 valence electrons. The standard InChI is InChI=1S/C47H29N5/c1-4-17-31(18-5-1)42-35-24-12-14-26-38(35)48-47(50-42)52-39-27-15-13-25-36(39)41-44(52)37-29-28-30-16-10-11-23-34(30)40(37)43-45(41)51(33-21-8-3-9-22-33)46(49-43)32-19-6-2-7-20-32/h1-29H. The number of nitrogens with zero attached hydrogens (tertiary/aromatic N) is 5. The lowest BCUT2D eigenvalue weighted by Gasteiger charge is -2.14. The molecule has 0 saturated carbocycles. The Labute approximate surface area is 298 Å². The Bertz CT molecular complexity index is 3160. The number of para-hydroxylation sites is 3. The van der Waals surface area contributed by atoms with Crippen molar-refractivity contribution in [3.05, 3.63) is 176 Å². The Morgan fingerprint density at radius 2 is 1.02 bits per heavy atom. The van der Waals surface area contributed by atoms with Crippen molar-refractivity contribution in [3.8, 4) is 34.3 Å². The van der Waals surface area contributed by atoms with Crippen LogP contribution >= 0.6 is 0 Å². The van der Waals surface area contributed by atoms with Gasteiger partial charge in [0.2, 0.25) is 5.95 Å². The molecule has 0 saturated heterocycles. The van der Waals surface area contributed by atoms with Gasteiger partial charge >= 0.3 is 0 Å². The molecule has 0 radical (unpaired) electrons. The summed E-state index contributed by atoms with van der Waals surface area (Å²) in [5.41, 5.74) is 9.08. The van der Waals surface area contributed by atoms with Gasteiger partial charge in [-0.25, -0.2) is 15.0 Å². The summed E-state index contributed by atoms with van der Waals surface area (Å²) in [7, 11) is 0. The van der Waals surface area contributed by atoms with Crippen LogP contribution in [0.1, 0.15) is 0 Å². The summed E-state index contributed by atoms with van der Waals surface area (Å²) in [6, 6.07) is 61.6. The molecule has 0 unspecified atom stereocenters. The zero-order chi connectivity index (χ0) is 34.2. The van der Waals surface area contributed by atoms with Crippen LogP contribution in [0.5, 0.6) is 0 Å². The summed E-state index contributed by atoms with van der Waals surface area (Å²) in [6.07, 6.45) is 0. The Balaban J connectivity index is 1.41.